The molecule has 2 amide bonds. The van der Waals surface area contributed by atoms with Crippen LogP contribution in [0.4, 0.5) is 5.69 Å². The number of nitrogens with one attached hydrogen (secondary N) is 1. The van der Waals surface area contributed by atoms with Gasteiger partial charge >= 0.3 is 0 Å². The van der Waals surface area contributed by atoms with Crippen LogP contribution in [0.1, 0.15) is 35.6 Å². The lowest BCUT2D eigenvalue weighted by atomic mass is 10.0. The zero-order chi connectivity index (χ0) is 25.7. The van der Waals surface area contributed by atoms with E-state index in [0.29, 0.717) is 13.1 Å². The van der Waals surface area contributed by atoms with Gasteiger partial charge in [-0.15, -0.1) is 0 Å². The number of carbonyl (C=O) groups excluding carboxylic acids is 2. The van der Waals surface area contributed by atoms with Crippen LogP contribution in [0.3, 0.4) is 0 Å². The van der Waals surface area contributed by atoms with E-state index >= 15 is 0 Å². The van der Waals surface area contributed by atoms with Crippen LogP contribution in [0, 0.1) is 13.8 Å². The highest BCUT2D eigenvalue weighted by atomic mass is 16.5. The van der Waals surface area contributed by atoms with E-state index in [1.807, 2.05) is 55.1 Å². The summed E-state index contributed by atoms with van der Waals surface area (Å²) in [6, 6.07) is 11.7. The standard InChI is InChI=1S/C28H38N4O4/c1-20-7-5-8-24(21(20)2)29-27(33)18-30-13-15-31(16-14-30)19-28(34)32-12-6-9-25(32)23-17-22(35-3)10-11-26(23)36-4/h5,7-8,10-11,17,25H,6,9,12-16,18-19H2,1-4H3,(H,29,33)/t25-/m0/s1. The number of benzene rings is 2. The van der Waals surface area contributed by atoms with Gasteiger partial charge in [0.1, 0.15) is 11.5 Å². The van der Waals surface area contributed by atoms with Crippen molar-refractivity contribution in [3.63, 3.8) is 0 Å². The molecule has 2 aromatic carbocycles. The second kappa shape index (κ2) is 11.8. The molecule has 8 nitrogen and oxygen atoms in total. The topological polar surface area (TPSA) is 74.4 Å². The van der Waals surface area contributed by atoms with Crippen molar-refractivity contribution in [3.05, 3.63) is 53.1 Å². The first-order valence-electron chi connectivity index (χ1n) is 12.7. The van der Waals surface area contributed by atoms with Crippen LogP contribution in [0.25, 0.3) is 0 Å². The van der Waals surface area contributed by atoms with Crippen LogP contribution in [0.5, 0.6) is 11.5 Å². The third-order valence-corrected chi connectivity index (χ3v) is 7.44. The molecular formula is C28H38N4O4. The highest BCUT2D eigenvalue weighted by Gasteiger charge is 2.33. The van der Waals surface area contributed by atoms with Crippen molar-refractivity contribution in [2.75, 3.05) is 65.3 Å². The number of nitrogens with zero attached hydrogens (tertiary/aromatic N) is 3. The lowest BCUT2D eigenvalue weighted by molar-refractivity contribution is -0.134. The van der Waals surface area contributed by atoms with E-state index in [2.05, 4.69) is 15.1 Å². The van der Waals surface area contributed by atoms with Crippen molar-refractivity contribution < 1.29 is 19.1 Å². The average Bonchev–Trinajstić information content (AvgIpc) is 3.37. The normalized spacial score (nSPS) is 18.8. The van der Waals surface area contributed by atoms with Crippen LogP contribution >= 0.6 is 0 Å². The van der Waals surface area contributed by atoms with Gasteiger partial charge in [0, 0.05) is 44.0 Å². The van der Waals surface area contributed by atoms with Crippen LogP contribution in [-0.4, -0.2) is 86.5 Å². The summed E-state index contributed by atoms with van der Waals surface area (Å²) >= 11 is 0. The monoisotopic (exact) mass is 494 g/mol. The number of carbonyl (C=O) groups is 2. The summed E-state index contributed by atoms with van der Waals surface area (Å²) in [5.41, 5.74) is 4.14. The van der Waals surface area contributed by atoms with Gasteiger partial charge in [0.05, 0.1) is 33.4 Å². The summed E-state index contributed by atoms with van der Waals surface area (Å²) < 4.78 is 11.0. The van der Waals surface area contributed by atoms with Crippen molar-refractivity contribution >= 4 is 17.5 Å². The molecule has 2 fully saturated rings. The van der Waals surface area contributed by atoms with Gasteiger partial charge < -0.3 is 19.7 Å². The van der Waals surface area contributed by atoms with Gasteiger partial charge in [-0.05, 0) is 62.1 Å². The van der Waals surface area contributed by atoms with E-state index in [1.54, 1.807) is 14.2 Å². The Labute approximate surface area is 214 Å². The molecule has 2 heterocycles. The Morgan fingerprint density at radius 1 is 0.944 bits per heavy atom. The van der Waals surface area contributed by atoms with Crippen molar-refractivity contribution in [2.24, 2.45) is 0 Å². The second-order valence-electron chi connectivity index (χ2n) is 9.70. The summed E-state index contributed by atoms with van der Waals surface area (Å²) in [6.45, 7) is 8.64. The smallest absolute Gasteiger partial charge is 0.238 e. The zero-order valence-corrected chi connectivity index (χ0v) is 21.9. The van der Waals surface area contributed by atoms with E-state index < -0.39 is 0 Å². The first-order chi connectivity index (χ1) is 17.4. The maximum atomic E-state index is 13.3. The average molecular weight is 495 g/mol. The minimum Gasteiger partial charge on any atom is -0.497 e. The van der Waals surface area contributed by atoms with E-state index in [-0.39, 0.29) is 17.9 Å². The van der Waals surface area contributed by atoms with Gasteiger partial charge in [0.15, 0.2) is 0 Å². The molecule has 0 saturated carbocycles. The maximum Gasteiger partial charge on any atom is 0.238 e. The number of aryl methyl sites for hydroxylation is 1. The summed E-state index contributed by atoms with van der Waals surface area (Å²) in [6.07, 6.45) is 1.89. The number of anilines is 1. The first-order valence-corrected chi connectivity index (χ1v) is 12.7. The van der Waals surface area contributed by atoms with E-state index in [1.165, 1.54) is 0 Å². The fraction of sp³-hybridized carbons (Fsp3) is 0.500. The molecule has 0 unspecified atom stereocenters. The molecule has 0 spiro atoms. The number of hydrogen-bond acceptors (Lipinski definition) is 6. The summed E-state index contributed by atoms with van der Waals surface area (Å²) in [5.74, 6) is 1.69. The number of ether oxygens (including phenoxy) is 2. The van der Waals surface area contributed by atoms with E-state index in [9.17, 15) is 9.59 Å². The Morgan fingerprint density at radius 2 is 1.67 bits per heavy atom. The molecule has 2 aromatic rings. The fourth-order valence-electron chi connectivity index (χ4n) is 5.16. The lowest BCUT2D eigenvalue weighted by Gasteiger charge is -2.35. The van der Waals surface area contributed by atoms with Gasteiger partial charge in [-0.1, -0.05) is 12.1 Å². The third kappa shape index (κ3) is 5.99. The molecule has 2 aliphatic rings. The fourth-order valence-corrected chi connectivity index (χ4v) is 5.16. The van der Waals surface area contributed by atoms with Gasteiger partial charge in [-0.3, -0.25) is 19.4 Å². The number of amides is 2. The predicted octanol–water partition coefficient (Wildman–Crippen LogP) is 3.24. The molecule has 36 heavy (non-hydrogen) atoms. The highest BCUT2D eigenvalue weighted by molar-refractivity contribution is 5.93. The van der Waals surface area contributed by atoms with Crippen molar-refractivity contribution in [3.8, 4) is 11.5 Å². The minimum absolute atomic E-state index is 0.000344. The quantitative estimate of drug-likeness (QED) is 0.607. The Bertz CT molecular complexity index is 1080. The highest BCUT2D eigenvalue weighted by Crippen LogP contribution is 2.39. The predicted molar refractivity (Wildman–Crippen MR) is 141 cm³/mol. The van der Waals surface area contributed by atoms with Crippen LogP contribution in [0.2, 0.25) is 0 Å². The van der Waals surface area contributed by atoms with E-state index in [0.717, 1.165) is 79.4 Å². The molecule has 1 N–H and O–H groups in total. The number of piperazine rings is 1. The van der Waals surface area contributed by atoms with Crippen molar-refractivity contribution in [1.82, 2.24) is 14.7 Å². The van der Waals surface area contributed by atoms with Crippen molar-refractivity contribution in [2.45, 2.75) is 32.7 Å². The molecule has 1 atom stereocenters. The molecule has 0 aromatic heterocycles. The maximum absolute atomic E-state index is 13.3. The molecule has 0 aliphatic carbocycles. The SMILES string of the molecule is COc1ccc(OC)c([C@@H]2CCCN2C(=O)CN2CCN(CC(=O)Nc3cccc(C)c3C)CC2)c1. The first kappa shape index (κ1) is 26.0. The number of hydrogen-bond donors (Lipinski definition) is 1. The molecular weight excluding hydrogens is 456 g/mol. The summed E-state index contributed by atoms with van der Waals surface area (Å²) in [7, 11) is 3.31. The largest absolute Gasteiger partial charge is 0.497 e. The third-order valence-electron chi connectivity index (χ3n) is 7.44. The molecule has 2 aliphatic heterocycles. The Morgan fingerprint density at radius 3 is 2.36 bits per heavy atom. The molecule has 194 valence electrons. The Balaban J connectivity index is 1.29. The summed E-state index contributed by atoms with van der Waals surface area (Å²) in [4.78, 5) is 32.2. The van der Waals surface area contributed by atoms with E-state index in [4.69, 9.17) is 9.47 Å². The minimum atomic E-state index is -0.00221. The molecule has 4 rings (SSSR count). The second-order valence-corrected chi connectivity index (χ2v) is 9.70. The Kier molecular flexibility index (Phi) is 8.48. The number of rotatable bonds is 8. The Hall–Kier alpha value is -3.10. The van der Waals surface area contributed by atoms with Gasteiger partial charge in [-0.25, -0.2) is 0 Å². The van der Waals surface area contributed by atoms with Gasteiger partial charge in [-0.2, -0.15) is 0 Å². The van der Waals surface area contributed by atoms with Crippen molar-refractivity contribution in [1.29, 1.82) is 0 Å². The van der Waals surface area contributed by atoms with Crippen LogP contribution < -0.4 is 14.8 Å². The van der Waals surface area contributed by atoms with Gasteiger partial charge in [0.25, 0.3) is 0 Å². The molecule has 8 heteroatoms. The zero-order valence-electron chi connectivity index (χ0n) is 21.9. The molecule has 0 radical (unpaired) electrons. The number of likely N-dealkylation sites (tertiary alicyclic amines) is 1. The number of methoxy groups -OCH3 is 2. The summed E-state index contributed by atoms with van der Waals surface area (Å²) in [5, 5.41) is 3.04. The van der Waals surface area contributed by atoms with Gasteiger partial charge in [0.2, 0.25) is 11.8 Å². The molecule has 2 saturated heterocycles. The van der Waals surface area contributed by atoms with Crippen LogP contribution in [-0.2, 0) is 9.59 Å². The molecule has 0 bridgehead atoms. The van der Waals surface area contributed by atoms with Crippen LogP contribution in [0.15, 0.2) is 36.4 Å². The lowest BCUT2D eigenvalue weighted by Crippen LogP contribution is -2.51.